The quantitative estimate of drug-likeness (QED) is 0.649. The van der Waals surface area contributed by atoms with Gasteiger partial charge in [0, 0.05) is 11.1 Å². The van der Waals surface area contributed by atoms with Gasteiger partial charge in [0.2, 0.25) is 0 Å². The molecule has 3 aromatic rings. The van der Waals surface area contributed by atoms with Crippen molar-refractivity contribution in [1.82, 2.24) is 4.98 Å². The van der Waals surface area contributed by atoms with E-state index in [-0.39, 0.29) is 5.82 Å². The molecular formula is C17H12FN. The van der Waals surface area contributed by atoms with E-state index in [4.69, 9.17) is 0 Å². The van der Waals surface area contributed by atoms with Crippen molar-refractivity contribution in [3.05, 3.63) is 78.6 Å². The van der Waals surface area contributed by atoms with Crippen LogP contribution in [0.15, 0.2) is 72.8 Å². The molecule has 0 bridgehead atoms. The van der Waals surface area contributed by atoms with Gasteiger partial charge in [0.05, 0.1) is 11.4 Å². The number of aromatic nitrogens is 1. The van der Waals surface area contributed by atoms with Gasteiger partial charge < -0.3 is 0 Å². The Morgan fingerprint density at radius 1 is 0.579 bits per heavy atom. The van der Waals surface area contributed by atoms with E-state index in [2.05, 4.69) is 4.98 Å². The maximum atomic E-state index is 12.9. The number of hydrogen-bond acceptors (Lipinski definition) is 1. The zero-order valence-electron chi connectivity index (χ0n) is 10.3. The zero-order chi connectivity index (χ0) is 13.1. The molecule has 0 aliphatic heterocycles. The molecule has 2 heteroatoms. The highest BCUT2D eigenvalue weighted by Gasteiger charge is 2.03. The number of pyridine rings is 1. The van der Waals surface area contributed by atoms with Crippen LogP contribution in [0.4, 0.5) is 4.39 Å². The number of benzene rings is 2. The van der Waals surface area contributed by atoms with Gasteiger partial charge in [-0.2, -0.15) is 0 Å². The fraction of sp³-hybridized carbons (Fsp3) is 0. The smallest absolute Gasteiger partial charge is 0.123 e. The van der Waals surface area contributed by atoms with E-state index >= 15 is 0 Å². The Hall–Kier alpha value is -2.48. The minimum Gasteiger partial charge on any atom is -0.248 e. The average Bonchev–Trinajstić information content (AvgIpc) is 2.49. The van der Waals surface area contributed by atoms with Crippen molar-refractivity contribution in [3.8, 4) is 22.5 Å². The van der Waals surface area contributed by atoms with Crippen molar-refractivity contribution in [2.24, 2.45) is 0 Å². The largest absolute Gasteiger partial charge is 0.248 e. The fourth-order valence-corrected chi connectivity index (χ4v) is 1.99. The van der Waals surface area contributed by atoms with Crippen LogP contribution in [-0.2, 0) is 0 Å². The lowest BCUT2D eigenvalue weighted by Crippen LogP contribution is -1.87. The molecule has 0 amide bonds. The number of halogens is 1. The summed E-state index contributed by atoms with van der Waals surface area (Å²) in [5.41, 5.74) is 3.76. The van der Waals surface area contributed by atoms with Gasteiger partial charge in [0.25, 0.3) is 0 Å². The normalized spacial score (nSPS) is 10.4. The number of hydrogen-bond donors (Lipinski definition) is 0. The summed E-state index contributed by atoms with van der Waals surface area (Å²) >= 11 is 0. The summed E-state index contributed by atoms with van der Waals surface area (Å²) in [6.07, 6.45) is 0. The molecule has 0 aliphatic rings. The summed E-state index contributed by atoms with van der Waals surface area (Å²) in [5, 5.41) is 0. The van der Waals surface area contributed by atoms with Crippen LogP contribution in [0, 0.1) is 5.82 Å². The summed E-state index contributed by atoms with van der Waals surface area (Å²) in [7, 11) is 0. The molecule has 0 saturated carbocycles. The molecule has 19 heavy (non-hydrogen) atoms. The first-order valence-electron chi connectivity index (χ1n) is 6.11. The van der Waals surface area contributed by atoms with E-state index in [0.717, 1.165) is 22.5 Å². The third-order valence-electron chi connectivity index (χ3n) is 2.96. The monoisotopic (exact) mass is 249 g/mol. The molecule has 0 N–H and O–H groups in total. The van der Waals surface area contributed by atoms with Gasteiger partial charge >= 0.3 is 0 Å². The van der Waals surface area contributed by atoms with E-state index < -0.39 is 0 Å². The molecule has 1 nitrogen and oxygen atoms in total. The topological polar surface area (TPSA) is 12.9 Å². The second kappa shape index (κ2) is 5.02. The molecule has 0 aliphatic carbocycles. The molecule has 0 atom stereocenters. The van der Waals surface area contributed by atoms with Crippen molar-refractivity contribution in [2.75, 3.05) is 0 Å². The maximum absolute atomic E-state index is 12.9. The van der Waals surface area contributed by atoms with E-state index in [1.807, 2.05) is 48.5 Å². The lowest BCUT2D eigenvalue weighted by molar-refractivity contribution is 0.628. The molecule has 0 radical (unpaired) electrons. The first kappa shape index (κ1) is 11.6. The van der Waals surface area contributed by atoms with Gasteiger partial charge in [-0.3, -0.25) is 0 Å². The van der Waals surface area contributed by atoms with Crippen molar-refractivity contribution in [2.45, 2.75) is 0 Å². The van der Waals surface area contributed by atoms with E-state index in [1.165, 1.54) is 12.1 Å². The summed E-state index contributed by atoms with van der Waals surface area (Å²) in [6, 6.07) is 22.3. The third-order valence-corrected chi connectivity index (χ3v) is 2.96. The zero-order valence-corrected chi connectivity index (χ0v) is 10.3. The molecular weight excluding hydrogens is 237 g/mol. The highest BCUT2D eigenvalue weighted by Crippen LogP contribution is 2.22. The van der Waals surface area contributed by atoms with Crippen LogP contribution in [0.2, 0.25) is 0 Å². The predicted molar refractivity (Wildman–Crippen MR) is 75.1 cm³/mol. The third kappa shape index (κ3) is 2.52. The van der Waals surface area contributed by atoms with Crippen LogP contribution >= 0.6 is 0 Å². The van der Waals surface area contributed by atoms with Crippen LogP contribution in [0.1, 0.15) is 0 Å². The van der Waals surface area contributed by atoms with E-state index in [9.17, 15) is 4.39 Å². The Kier molecular flexibility index (Phi) is 3.07. The van der Waals surface area contributed by atoms with Crippen LogP contribution in [-0.4, -0.2) is 4.98 Å². The summed E-state index contributed by atoms with van der Waals surface area (Å²) in [5.74, 6) is -0.233. The Bertz CT molecular complexity index is 675. The second-order valence-electron chi connectivity index (χ2n) is 4.28. The summed E-state index contributed by atoms with van der Waals surface area (Å²) in [6.45, 7) is 0. The van der Waals surface area contributed by atoms with Crippen molar-refractivity contribution in [3.63, 3.8) is 0 Å². The second-order valence-corrected chi connectivity index (χ2v) is 4.28. The van der Waals surface area contributed by atoms with Gasteiger partial charge in [-0.25, -0.2) is 9.37 Å². The van der Waals surface area contributed by atoms with Crippen LogP contribution in [0.3, 0.4) is 0 Å². The van der Waals surface area contributed by atoms with Crippen LogP contribution < -0.4 is 0 Å². The number of nitrogens with zero attached hydrogens (tertiary/aromatic N) is 1. The average molecular weight is 249 g/mol. The molecule has 0 fully saturated rings. The lowest BCUT2D eigenvalue weighted by Gasteiger charge is -2.05. The van der Waals surface area contributed by atoms with Gasteiger partial charge in [-0.15, -0.1) is 0 Å². The van der Waals surface area contributed by atoms with Crippen molar-refractivity contribution < 1.29 is 4.39 Å². The first-order valence-corrected chi connectivity index (χ1v) is 6.11. The molecule has 2 aromatic carbocycles. The van der Waals surface area contributed by atoms with E-state index in [0.29, 0.717) is 0 Å². The van der Waals surface area contributed by atoms with Crippen molar-refractivity contribution in [1.29, 1.82) is 0 Å². The summed E-state index contributed by atoms with van der Waals surface area (Å²) in [4.78, 5) is 4.62. The minimum atomic E-state index is -0.233. The highest BCUT2D eigenvalue weighted by molar-refractivity contribution is 5.65. The molecule has 92 valence electrons. The molecule has 3 rings (SSSR count). The van der Waals surface area contributed by atoms with Crippen molar-refractivity contribution >= 4 is 0 Å². The minimum absolute atomic E-state index is 0.233. The summed E-state index contributed by atoms with van der Waals surface area (Å²) < 4.78 is 12.9. The first-order chi connectivity index (χ1) is 9.33. The predicted octanol–water partition coefficient (Wildman–Crippen LogP) is 4.55. The standard InChI is InChI=1S/C17H12FN/c18-15-11-9-14(10-12-15)17-8-4-7-16(19-17)13-5-2-1-3-6-13/h1-12H. The SMILES string of the molecule is Fc1ccc(-c2cccc(-c3ccccc3)n2)cc1. The number of rotatable bonds is 2. The molecule has 0 spiro atoms. The highest BCUT2D eigenvalue weighted by atomic mass is 19.1. The molecule has 1 heterocycles. The molecule has 0 saturated heterocycles. The van der Waals surface area contributed by atoms with Gasteiger partial charge in [0.15, 0.2) is 0 Å². The Balaban J connectivity index is 2.03. The van der Waals surface area contributed by atoms with Crippen LogP contribution in [0.25, 0.3) is 22.5 Å². The van der Waals surface area contributed by atoms with E-state index in [1.54, 1.807) is 12.1 Å². The Morgan fingerprint density at radius 2 is 1.16 bits per heavy atom. The Morgan fingerprint density at radius 3 is 1.79 bits per heavy atom. The Labute approximate surface area is 111 Å². The molecule has 1 aromatic heterocycles. The fourth-order valence-electron chi connectivity index (χ4n) is 1.99. The van der Waals surface area contributed by atoms with Gasteiger partial charge in [0.1, 0.15) is 5.82 Å². The lowest BCUT2D eigenvalue weighted by atomic mass is 10.1. The van der Waals surface area contributed by atoms with Gasteiger partial charge in [-0.1, -0.05) is 36.4 Å². The van der Waals surface area contributed by atoms with Crippen LogP contribution in [0.5, 0.6) is 0 Å². The van der Waals surface area contributed by atoms with Gasteiger partial charge in [-0.05, 0) is 36.4 Å². The maximum Gasteiger partial charge on any atom is 0.123 e. The molecule has 0 unspecified atom stereocenters.